The Hall–Kier alpha value is -1.56. The number of aromatic nitrogens is 2. The fourth-order valence-electron chi connectivity index (χ4n) is 2.62. The first kappa shape index (κ1) is 15.8. The maximum atomic E-state index is 5.70. The van der Waals surface area contributed by atoms with Crippen LogP contribution in [0.1, 0.15) is 32.3 Å². The molecule has 1 aromatic rings. The molecule has 1 aliphatic rings. The van der Waals surface area contributed by atoms with Crippen molar-refractivity contribution in [2.45, 2.75) is 39.3 Å². The minimum atomic E-state index is 0.410. The highest BCUT2D eigenvalue weighted by molar-refractivity contribution is 5.80. The molecule has 21 heavy (non-hydrogen) atoms. The maximum absolute atomic E-state index is 5.70. The molecule has 0 amide bonds. The van der Waals surface area contributed by atoms with Crippen LogP contribution in [-0.4, -0.2) is 53.0 Å². The molecule has 1 saturated heterocycles. The second-order valence-corrected chi connectivity index (χ2v) is 5.33. The molecule has 0 saturated carbocycles. The fraction of sp³-hybridized carbons (Fsp3) is 0.733. The van der Waals surface area contributed by atoms with Gasteiger partial charge in [-0.3, -0.25) is 4.68 Å². The molecule has 6 nitrogen and oxygen atoms in total. The number of nitrogens with zero attached hydrogens (tertiary/aromatic N) is 4. The molecule has 0 unspecified atom stereocenters. The standard InChI is InChI=1S/C15H27N5O/c1-4-16-15(17-10-13-11-18-19(3)12-13)20-8-6-14(7-9-20)21-5-2/h11-12,14H,4-10H2,1-3H3,(H,16,17). The Balaban J connectivity index is 1.92. The summed E-state index contributed by atoms with van der Waals surface area (Å²) in [6.07, 6.45) is 6.44. The van der Waals surface area contributed by atoms with E-state index in [0.29, 0.717) is 12.6 Å². The first-order valence-corrected chi connectivity index (χ1v) is 7.85. The van der Waals surface area contributed by atoms with Gasteiger partial charge in [-0.1, -0.05) is 0 Å². The van der Waals surface area contributed by atoms with Crippen molar-refractivity contribution in [3.05, 3.63) is 18.0 Å². The lowest BCUT2D eigenvalue weighted by Gasteiger charge is -2.34. The predicted octanol–water partition coefficient (Wildman–Crippen LogP) is 1.39. The molecule has 0 atom stereocenters. The van der Waals surface area contributed by atoms with E-state index in [1.807, 2.05) is 24.1 Å². The van der Waals surface area contributed by atoms with Crippen molar-refractivity contribution in [3.63, 3.8) is 0 Å². The summed E-state index contributed by atoms with van der Waals surface area (Å²) >= 11 is 0. The van der Waals surface area contributed by atoms with Crippen LogP contribution in [0.3, 0.4) is 0 Å². The number of ether oxygens (including phenoxy) is 1. The molecule has 1 aliphatic heterocycles. The number of likely N-dealkylation sites (tertiary alicyclic amines) is 1. The normalized spacial score (nSPS) is 17.3. The van der Waals surface area contributed by atoms with E-state index < -0.39 is 0 Å². The van der Waals surface area contributed by atoms with Gasteiger partial charge >= 0.3 is 0 Å². The van der Waals surface area contributed by atoms with Gasteiger partial charge in [0.25, 0.3) is 0 Å². The van der Waals surface area contributed by atoms with Gasteiger partial charge in [-0.2, -0.15) is 5.10 Å². The van der Waals surface area contributed by atoms with Crippen LogP contribution in [0.15, 0.2) is 17.4 Å². The van der Waals surface area contributed by atoms with Gasteiger partial charge in [0.1, 0.15) is 0 Å². The fourth-order valence-corrected chi connectivity index (χ4v) is 2.62. The summed E-state index contributed by atoms with van der Waals surface area (Å²) in [5, 5.41) is 7.56. The zero-order valence-corrected chi connectivity index (χ0v) is 13.4. The highest BCUT2D eigenvalue weighted by atomic mass is 16.5. The predicted molar refractivity (Wildman–Crippen MR) is 84.2 cm³/mol. The maximum Gasteiger partial charge on any atom is 0.194 e. The van der Waals surface area contributed by atoms with Crippen molar-refractivity contribution >= 4 is 5.96 Å². The number of aliphatic imine (C=N–C) groups is 1. The number of rotatable bonds is 5. The molecular formula is C15H27N5O. The molecular weight excluding hydrogens is 266 g/mol. The Morgan fingerprint density at radius 1 is 1.43 bits per heavy atom. The summed E-state index contributed by atoms with van der Waals surface area (Å²) in [5.41, 5.74) is 1.14. The number of hydrogen-bond acceptors (Lipinski definition) is 3. The van der Waals surface area contributed by atoms with E-state index in [1.54, 1.807) is 0 Å². The van der Waals surface area contributed by atoms with Crippen LogP contribution in [0, 0.1) is 0 Å². The van der Waals surface area contributed by atoms with Crippen molar-refractivity contribution in [2.24, 2.45) is 12.0 Å². The van der Waals surface area contributed by atoms with E-state index in [9.17, 15) is 0 Å². The van der Waals surface area contributed by atoms with E-state index >= 15 is 0 Å². The lowest BCUT2D eigenvalue weighted by Crippen LogP contribution is -2.47. The Morgan fingerprint density at radius 3 is 2.76 bits per heavy atom. The molecule has 0 spiro atoms. The molecule has 2 heterocycles. The van der Waals surface area contributed by atoms with Crippen LogP contribution in [0.2, 0.25) is 0 Å². The zero-order valence-electron chi connectivity index (χ0n) is 13.4. The van der Waals surface area contributed by atoms with Crippen molar-refractivity contribution in [2.75, 3.05) is 26.2 Å². The minimum absolute atomic E-state index is 0.410. The lowest BCUT2D eigenvalue weighted by atomic mass is 10.1. The van der Waals surface area contributed by atoms with Crippen LogP contribution >= 0.6 is 0 Å². The monoisotopic (exact) mass is 293 g/mol. The van der Waals surface area contributed by atoms with Crippen LogP contribution in [-0.2, 0) is 18.3 Å². The quantitative estimate of drug-likeness (QED) is 0.658. The topological polar surface area (TPSA) is 54.7 Å². The second-order valence-electron chi connectivity index (χ2n) is 5.33. The van der Waals surface area contributed by atoms with E-state index in [0.717, 1.165) is 50.6 Å². The number of guanidine groups is 1. The van der Waals surface area contributed by atoms with Crippen molar-refractivity contribution < 1.29 is 4.74 Å². The average Bonchev–Trinajstić information content (AvgIpc) is 2.90. The SMILES string of the molecule is CCNC(=NCc1cnn(C)c1)N1CCC(OCC)CC1. The van der Waals surface area contributed by atoms with Crippen LogP contribution < -0.4 is 5.32 Å². The van der Waals surface area contributed by atoms with E-state index in [1.165, 1.54) is 0 Å². The highest BCUT2D eigenvalue weighted by Gasteiger charge is 2.21. The largest absolute Gasteiger partial charge is 0.378 e. The molecule has 0 radical (unpaired) electrons. The van der Waals surface area contributed by atoms with Gasteiger partial charge in [0, 0.05) is 45.0 Å². The Kier molecular flexibility index (Phi) is 6.04. The summed E-state index contributed by atoms with van der Waals surface area (Å²) in [6.45, 7) is 8.53. The first-order valence-electron chi connectivity index (χ1n) is 7.85. The summed E-state index contributed by atoms with van der Waals surface area (Å²) in [7, 11) is 1.93. The summed E-state index contributed by atoms with van der Waals surface area (Å²) < 4.78 is 7.52. The highest BCUT2D eigenvalue weighted by Crippen LogP contribution is 2.14. The summed E-state index contributed by atoms with van der Waals surface area (Å²) in [6, 6.07) is 0. The Labute approximate surface area is 127 Å². The number of piperidine rings is 1. The number of aryl methyl sites for hydroxylation is 1. The lowest BCUT2D eigenvalue weighted by molar-refractivity contribution is 0.0263. The third-order valence-electron chi connectivity index (χ3n) is 3.65. The van der Waals surface area contributed by atoms with Gasteiger partial charge in [0.05, 0.1) is 18.8 Å². The van der Waals surface area contributed by atoms with Crippen molar-refractivity contribution in [1.82, 2.24) is 20.0 Å². The molecule has 6 heteroatoms. The van der Waals surface area contributed by atoms with Crippen molar-refractivity contribution in [1.29, 1.82) is 0 Å². The number of hydrogen-bond donors (Lipinski definition) is 1. The summed E-state index contributed by atoms with van der Waals surface area (Å²) in [5.74, 6) is 0.997. The van der Waals surface area contributed by atoms with Gasteiger partial charge in [-0.05, 0) is 26.7 Å². The summed E-state index contributed by atoms with van der Waals surface area (Å²) in [4.78, 5) is 7.06. The molecule has 0 bridgehead atoms. The van der Waals surface area contributed by atoms with Crippen LogP contribution in [0.4, 0.5) is 0 Å². The zero-order chi connectivity index (χ0) is 15.1. The Bertz CT molecular complexity index is 449. The smallest absolute Gasteiger partial charge is 0.194 e. The second kappa shape index (κ2) is 8.02. The third-order valence-corrected chi connectivity index (χ3v) is 3.65. The molecule has 1 N–H and O–H groups in total. The molecule has 1 aromatic heterocycles. The molecule has 1 fully saturated rings. The first-order chi connectivity index (χ1) is 10.2. The third kappa shape index (κ3) is 4.74. The van der Waals surface area contributed by atoms with Crippen LogP contribution in [0.5, 0.6) is 0 Å². The van der Waals surface area contributed by atoms with E-state index in [2.05, 4.69) is 29.2 Å². The Morgan fingerprint density at radius 2 is 2.19 bits per heavy atom. The minimum Gasteiger partial charge on any atom is -0.378 e. The van der Waals surface area contributed by atoms with Crippen molar-refractivity contribution in [3.8, 4) is 0 Å². The van der Waals surface area contributed by atoms with Crippen LogP contribution in [0.25, 0.3) is 0 Å². The molecule has 2 rings (SSSR count). The molecule has 0 aromatic carbocycles. The average molecular weight is 293 g/mol. The van der Waals surface area contributed by atoms with E-state index in [-0.39, 0.29) is 0 Å². The van der Waals surface area contributed by atoms with Gasteiger partial charge in [-0.15, -0.1) is 0 Å². The molecule has 118 valence electrons. The van der Waals surface area contributed by atoms with Gasteiger partial charge in [0.15, 0.2) is 5.96 Å². The molecule has 0 aliphatic carbocycles. The van der Waals surface area contributed by atoms with Gasteiger partial charge < -0.3 is 15.0 Å². The van der Waals surface area contributed by atoms with Gasteiger partial charge in [-0.25, -0.2) is 4.99 Å². The number of nitrogens with one attached hydrogen (secondary N) is 1. The van der Waals surface area contributed by atoms with Gasteiger partial charge in [0.2, 0.25) is 0 Å². The van der Waals surface area contributed by atoms with E-state index in [4.69, 9.17) is 9.73 Å².